The van der Waals surface area contributed by atoms with E-state index in [4.69, 9.17) is 10.5 Å². The molecule has 1 aromatic carbocycles. The predicted octanol–water partition coefficient (Wildman–Crippen LogP) is 4.98. The van der Waals surface area contributed by atoms with E-state index < -0.39 is 29.2 Å². The van der Waals surface area contributed by atoms with E-state index in [9.17, 15) is 23.1 Å². The fraction of sp³-hybridized carbons (Fsp3) is 0.600. The number of benzene rings is 1. The number of halogens is 4. The van der Waals surface area contributed by atoms with Crippen LogP contribution in [0.4, 0.5) is 17.6 Å². The van der Waals surface area contributed by atoms with Gasteiger partial charge >= 0.3 is 6.18 Å². The number of piperidine rings is 1. The summed E-state index contributed by atoms with van der Waals surface area (Å²) in [6.45, 7) is 3.96. The second kappa shape index (κ2) is 11.5. The minimum Gasteiger partial charge on any atom is -0.492 e. The Balaban J connectivity index is 1.13. The minimum absolute atomic E-state index is 0.0929. The van der Waals surface area contributed by atoms with Crippen LogP contribution in [0, 0.1) is 17.2 Å². The molecule has 1 saturated carbocycles. The summed E-state index contributed by atoms with van der Waals surface area (Å²) in [5.41, 5.74) is 4.11. The molecule has 0 unspecified atom stereocenters. The van der Waals surface area contributed by atoms with Gasteiger partial charge in [0, 0.05) is 24.2 Å². The van der Waals surface area contributed by atoms with Crippen molar-refractivity contribution in [2.75, 3.05) is 32.8 Å². The fourth-order valence-corrected chi connectivity index (χ4v) is 6.35. The Bertz CT molecular complexity index is 1230. The lowest BCUT2D eigenvalue weighted by atomic mass is 9.67. The van der Waals surface area contributed by atoms with Crippen LogP contribution >= 0.6 is 0 Å². The highest BCUT2D eigenvalue weighted by atomic mass is 19.4. The molecule has 224 valence electrons. The summed E-state index contributed by atoms with van der Waals surface area (Å²) in [7, 11) is 0. The van der Waals surface area contributed by atoms with Crippen molar-refractivity contribution < 1.29 is 32.2 Å². The maximum absolute atomic E-state index is 15.1. The number of nitrogens with zero attached hydrogens (tertiary/aromatic N) is 3. The molecular weight excluding hydrogens is 540 g/mol. The fourth-order valence-electron chi connectivity index (χ4n) is 6.35. The summed E-state index contributed by atoms with van der Waals surface area (Å²) >= 11 is 0. The van der Waals surface area contributed by atoms with E-state index in [0.29, 0.717) is 56.9 Å². The molecular formula is C30H38F4N4O3. The third-order valence-corrected chi connectivity index (χ3v) is 9.42. The second-order valence-corrected chi connectivity index (χ2v) is 12.1. The smallest absolute Gasteiger partial charge is 0.395 e. The molecule has 2 saturated heterocycles. The lowest BCUT2D eigenvalue weighted by Crippen LogP contribution is -2.56. The van der Waals surface area contributed by atoms with E-state index in [-0.39, 0.29) is 42.3 Å². The molecule has 3 fully saturated rings. The van der Waals surface area contributed by atoms with E-state index in [0.717, 1.165) is 12.8 Å². The molecule has 2 aromatic rings. The minimum atomic E-state index is -4.14. The van der Waals surface area contributed by atoms with Crippen LogP contribution in [0.1, 0.15) is 62.2 Å². The van der Waals surface area contributed by atoms with Crippen LogP contribution in [-0.4, -0.2) is 76.5 Å². The van der Waals surface area contributed by atoms with Gasteiger partial charge in [-0.05, 0) is 94.8 Å². The number of likely N-dealkylation sites (tertiary alicyclic amines) is 2. The standard InChI is InChI=1S/C30H38F4N4O3/c1-28(27(35)40)10-3-13-38(28)26(39)21-4-6-23(24(31)16-21)25-7-5-22(17-36-25)41-18-20-8-14-37(15-9-20)19-29(11-2-12-29)30(32,33)34/h4-7,16-17,20,27,40H,2-3,8-15,18-19,35H2,1H3/t27-,28+/m1/s1. The lowest BCUT2D eigenvalue weighted by molar-refractivity contribution is -0.256. The number of hydrogen-bond donors (Lipinski definition) is 2. The predicted molar refractivity (Wildman–Crippen MR) is 145 cm³/mol. The van der Waals surface area contributed by atoms with Crippen LogP contribution in [0.3, 0.4) is 0 Å². The molecule has 0 bridgehead atoms. The Morgan fingerprint density at radius 3 is 2.44 bits per heavy atom. The zero-order valence-electron chi connectivity index (χ0n) is 23.3. The highest BCUT2D eigenvalue weighted by Gasteiger charge is 2.58. The number of ether oxygens (including phenoxy) is 1. The monoisotopic (exact) mass is 578 g/mol. The number of nitrogens with two attached hydrogens (primary N) is 1. The van der Waals surface area contributed by atoms with Gasteiger partial charge in [0.25, 0.3) is 5.91 Å². The van der Waals surface area contributed by atoms with Crippen LogP contribution in [0.5, 0.6) is 5.75 Å². The summed E-state index contributed by atoms with van der Waals surface area (Å²) in [5.74, 6) is -0.199. The van der Waals surface area contributed by atoms with E-state index in [1.807, 2.05) is 4.90 Å². The van der Waals surface area contributed by atoms with Crippen molar-refractivity contribution in [1.29, 1.82) is 0 Å². The van der Waals surface area contributed by atoms with Gasteiger partial charge in [0.2, 0.25) is 0 Å². The Morgan fingerprint density at radius 2 is 1.88 bits per heavy atom. The lowest BCUT2D eigenvalue weighted by Gasteiger charge is -2.47. The summed E-state index contributed by atoms with van der Waals surface area (Å²) in [6, 6.07) is 7.59. The molecule has 41 heavy (non-hydrogen) atoms. The number of pyridine rings is 1. The Labute approximate surface area is 237 Å². The third-order valence-electron chi connectivity index (χ3n) is 9.42. The van der Waals surface area contributed by atoms with Crippen LogP contribution in [0.25, 0.3) is 11.3 Å². The number of hydrogen-bond acceptors (Lipinski definition) is 6. The zero-order valence-corrected chi connectivity index (χ0v) is 23.3. The topological polar surface area (TPSA) is 91.9 Å². The zero-order chi connectivity index (χ0) is 29.4. The highest BCUT2D eigenvalue weighted by molar-refractivity contribution is 5.95. The first-order valence-electron chi connectivity index (χ1n) is 14.4. The Kier molecular flexibility index (Phi) is 8.33. The van der Waals surface area contributed by atoms with Crippen molar-refractivity contribution >= 4 is 5.91 Å². The molecule has 3 aliphatic rings. The van der Waals surface area contributed by atoms with Gasteiger partial charge in [-0.15, -0.1) is 0 Å². The van der Waals surface area contributed by atoms with Crippen molar-refractivity contribution in [3.63, 3.8) is 0 Å². The SMILES string of the molecule is C[C@@]1([C@H](N)O)CCCN1C(=O)c1ccc(-c2ccc(OCC3CCN(CC4(C(F)(F)F)CCC4)CC3)cn2)c(F)c1. The molecule has 0 spiro atoms. The van der Waals surface area contributed by atoms with Crippen molar-refractivity contribution in [3.05, 3.63) is 47.9 Å². The van der Waals surface area contributed by atoms with E-state index in [1.165, 1.54) is 23.2 Å². The number of aliphatic hydroxyl groups excluding tert-OH is 1. The Hall–Kier alpha value is -2.76. The van der Waals surface area contributed by atoms with E-state index >= 15 is 4.39 Å². The van der Waals surface area contributed by atoms with Crippen molar-refractivity contribution in [1.82, 2.24) is 14.8 Å². The molecule has 1 aliphatic carbocycles. The molecule has 0 radical (unpaired) electrons. The summed E-state index contributed by atoms with van der Waals surface area (Å²) in [4.78, 5) is 20.9. The molecule has 2 aliphatic heterocycles. The second-order valence-electron chi connectivity index (χ2n) is 12.1. The van der Waals surface area contributed by atoms with Crippen molar-refractivity contribution in [3.8, 4) is 17.0 Å². The average Bonchev–Trinajstić information content (AvgIpc) is 3.32. The number of aromatic nitrogens is 1. The molecule has 3 heterocycles. The molecule has 11 heteroatoms. The first-order valence-corrected chi connectivity index (χ1v) is 14.4. The van der Waals surface area contributed by atoms with Gasteiger partial charge in [-0.1, -0.05) is 6.42 Å². The van der Waals surface area contributed by atoms with Gasteiger partial charge in [-0.2, -0.15) is 13.2 Å². The van der Waals surface area contributed by atoms with Crippen LogP contribution < -0.4 is 10.5 Å². The molecule has 5 rings (SSSR count). The largest absolute Gasteiger partial charge is 0.492 e. The van der Waals surface area contributed by atoms with Crippen LogP contribution in [0.15, 0.2) is 36.5 Å². The number of rotatable bonds is 8. The maximum atomic E-state index is 15.1. The summed E-state index contributed by atoms with van der Waals surface area (Å²) in [5, 5.41) is 10.00. The van der Waals surface area contributed by atoms with Gasteiger partial charge in [0.1, 0.15) is 17.8 Å². The van der Waals surface area contributed by atoms with Gasteiger partial charge < -0.3 is 25.4 Å². The molecule has 3 N–H and O–H groups in total. The highest BCUT2D eigenvalue weighted by Crippen LogP contribution is 2.53. The summed E-state index contributed by atoms with van der Waals surface area (Å²) in [6.07, 6.45) is 0.106. The normalized spacial score (nSPS) is 24.2. The Morgan fingerprint density at radius 1 is 1.15 bits per heavy atom. The first-order chi connectivity index (χ1) is 19.4. The van der Waals surface area contributed by atoms with Crippen molar-refractivity contribution in [2.24, 2.45) is 17.1 Å². The van der Waals surface area contributed by atoms with Gasteiger partial charge in [0.05, 0.1) is 29.5 Å². The van der Waals surface area contributed by atoms with Gasteiger partial charge in [-0.3, -0.25) is 9.78 Å². The number of carbonyl (C=O) groups is 1. The maximum Gasteiger partial charge on any atom is 0.395 e. The number of carbonyl (C=O) groups excluding carboxylic acids is 1. The molecule has 1 aromatic heterocycles. The van der Waals surface area contributed by atoms with Crippen LogP contribution in [0.2, 0.25) is 0 Å². The molecule has 2 atom stereocenters. The average molecular weight is 579 g/mol. The number of alkyl halides is 3. The number of amides is 1. The molecule has 7 nitrogen and oxygen atoms in total. The third kappa shape index (κ3) is 5.94. The van der Waals surface area contributed by atoms with E-state index in [2.05, 4.69) is 4.98 Å². The van der Waals surface area contributed by atoms with E-state index in [1.54, 1.807) is 25.1 Å². The van der Waals surface area contributed by atoms with Gasteiger partial charge in [0.15, 0.2) is 0 Å². The van der Waals surface area contributed by atoms with Crippen LogP contribution in [-0.2, 0) is 0 Å². The first kappa shape index (κ1) is 29.7. The quantitative estimate of drug-likeness (QED) is 0.339. The van der Waals surface area contributed by atoms with Crippen molar-refractivity contribution in [2.45, 2.75) is 69.8 Å². The summed E-state index contributed by atoms with van der Waals surface area (Å²) < 4.78 is 61.5. The molecule has 1 amide bonds. The number of aliphatic hydroxyl groups is 1. The van der Waals surface area contributed by atoms with Gasteiger partial charge in [-0.25, -0.2) is 4.39 Å².